The molecule has 8 aromatic carbocycles. The number of fused-ring (bicyclic) bond motifs is 6. The van der Waals surface area contributed by atoms with E-state index < -0.39 is 0 Å². The molecule has 0 aliphatic rings. The molecule has 0 saturated heterocycles. The monoisotopic (exact) mass is 686 g/mol. The Morgan fingerprint density at radius 1 is 0.370 bits per heavy atom. The molecular weight excluding hydrogens is 657 g/mol. The Morgan fingerprint density at radius 2 is 0.981 bits per heavy atom. The summed E-state index contributed by atoms with van der Waals surface area (Å²) in [6.07, 6.45) is 0. The van der Waals surface area contributed by atoms with Crippen molar-refractivity contribution in [2.45, 2.75) is 0 Å². The fourth-order valence-electron chi connectivity index (χ4n) is 8.28. The predicted molar refractivity (Wildman–Crippen MR) is 221 cm³/mol. The molecule has 0 atom stereocenters. The van der Waals surface area contributed by atoms with E-state index >= 15 is 0 Å². The number of nitrogens with zero attached hydrogens (tertiary/aromatic N) is 4. The summed E-state index contributed by atoms with van der Waals surface area (Å²) < 4.78 is 4.56. The van der Waals surface area contributed by atoms with E-state index in [9.17, 15) is 10.5 Å². The third-order valence-electron chi connectivity index (χ3n) is 10.6. The largest absolute Gasteiger partial charge is 0.309 e. The Morgan fingerprint density at radius 3 is 1.78 bits per heavy atom. The summed E-state index contributed by atoms with van der Waals surface area (Å²) in [7, 11) is 0. The second-order valence-corrected chi connectivity index (χ2v) is 13.5. The average molecular weight is 687 g/mol. The van der Waals surface area contributed by atoms with Crippen molar-refractivity contribution in [3.05, 3.63) is 193 Å². The first-order valence-corrected chi connectivity index (χ1v) is 18.0. The van der Waals surface area contributed by atoms with Crippen LogP contribution in [0.3, 0.4) is 0 Å². The lowest BCUT2D eigenvalue weighted by molar-refractivity contribution is 1.17. The van der Waals surface area contributed by atoms with Gasteiger partial charge in [0.2, 0.25) is 0 Å². The van der Waals surface area contributed by atoms with Crippen LogP contribution in [-0.4, -0.2) is 9.13 Å². The highest BCUT2D eigenvalue weighted by molar-refractivity contribution is 6.15. The Hall–Kier alpha value is -7.66. The van der Waals surface area contributed by atoms with Crippen LogP contribution in [0.2, 0.25) is 0 Å². The van der Waals surface area contributed by atoms with Gasteiger partial charge in [0, 0.05) is 32.8 Å². The van der Waals surface area contributed by atoms with Crippen LogP contribution in [-0.2, 0) is 0 Å². The Kier molecular flexibility index (Phi) is 7.22. The minimum atomic E-state index is 0.630. The molecule has 250 valence electrons. The Labute approximate surface area is 312 Å². The maximum absolute atomic E-state index is 10.1. The molecule has 0 spiro atoms. The summed E-state index contributed by atoms with van der Waals surface area (Å²) in [6.45, 7) is 0. The van der Waals surface area contributed by atoms with E-state index in [0.717, 1.165) is 88.4 Å². The standard InChI is InChI=1S/C50H30N4/c51-31-33-25-28-48-45(29-33)44-22-12-21-43(50(44)53(48)36-14-2-1-3-15-36)40-19-8-7-18-39(40)38-17-6-5-16-37(38)34-26-27-42-41-20-9-11-24-47(41)54(49(42)30-34)46-23-10-4-13-35(46)32-52/h1-30H. The molecule has 4 nitrogen and oxygen atoms in total. The molecule has 10 rings (SSSR count). The van der Waals surface area contributed by atoms with Crippen molar-refractivity contribution in [1.29, 1.82) is 10.5 Å². The molecule has 4 heteroatoms. The number of aromatic nitrogens is 2. The van der Waals surface area contributed by atoms with Gasteiger partial charge in [-0.3, -0.25) is 0 Å². The SMILES string of the molecule is N#Cc1ccc2c(c1)c1cccc(-c3ccccc3-c3ccccc3-c3ccc4c5ccccc5n(-c5ccccc5C#N)c4c3)c1n2-c1ccccc1. The Bertz CT molecular complexity index is 3190. The lowest BCUT2D eigenvalue weighted by Crippen LogP contribution is -1.97. The minimum absolute atomic E-state index is 0.630. The summed E-state index contributed by atoms with van der Waals surface area (Å²) in [6, 6.07) is 67.9. The van der Waals surface area contributed by atoms with E-state index in [1.54, 1.807) is 0 Å². The quantitative estimate of drug-likeness (QED) is 0.181. The molecule has 0 amide bonds. The maximum Gasteiger partial charge on any atom is 0.101 e. The van der Waals surface area contributed by atoms with Gasteiger partial charge in [-0.25, -0.2) is 0 Å². The average Bonchev–Trinajstić information content (AvgIpc) is 3.76. The fourth-order valence-corrected chi connectivity index (χ4v) is 8.28. The number of rotatable bonds is 5. The van der Waals surface area contributed by atoms with Gasteiger partial charge in [0.1, 0.15) is 6.07 Å². The first-order chi connectivity index (χ1) is 26.7. The highest BCUT2D eigenvalue weighted by Gasteiger charge is 2.21. The van der Waals surface area contributed by atoms with Crippen LogP contribution >= 0.6 is 0 Å². The van der Waals surface area contributed by atoms with Gasteiger partial charge in [-0.1, -0.05) is 127 Å². The molecule has 54 heavy (non-hydrogen) atoms. The lowest BCUT2D eigenvalue weighted by atomic mass is 9.88. The zero-order valence-corrected chi connectivity index (χ0v) is 29.1. The van der Waals surface area contributed by atoms with Crippen molar-refractivity contribution >= 4 is 43.6 Å². The first kappa shape index (κ1) is 31.1. The highest BCUT2D eigenvalue weighted by Crippen LogP contribution is 2.44. The molecule has 2 heterocycles. The lowest BCUT2D eigenvalue weighted by Gasteiger charge is -2.17. The van der Waals surface area contributed by atoms with E-state index in [-0.39, 0.29) is 0 Å². The Balaban J connectivity index is 1.22. The molecule has 10 aromatic rings. The number of para-hydroxylation sites is 4. The van der Waals surface area contributed by atoms with Gasteiger partial charge >= 0.3 is 0 Å². The van der Waals surface area contributed by atoms with Gasteiger partial charge in [-0.2, -0.15) is 10.5 Å². The van der Waals surface area contributed by atoms with Crippen LogP contribution in [0.5, 0.6) is 0 Å². The second-order valence-electron chi connectivity index (χ2n) is 13.5. The predicted octanol–water partition coefficient (Wildman–Crippen LogP) is 12.6. The van der Waals surface area contributed by atoms with E-state index in [1.165, 1.54) is 0 Å². The van der Waals surface area contributed by atoms with Crippen molar-refractivity contribution < 1.29 is 0 Å². The summed E-state index contributed by atoms with van der Waals surface area (Å²) in [5.74, 6) is 0. The van der Waals surface area contributed by atoms with Crippen molar-refractivity contribution in [1.82, 2.24) is 9.13 Å². The van der Waals surface area contributed by atoms with Crippen LogP contribution < -0.4 is 0 Å². The third kappa shape index (κ3) is 4.76. The molecule has 0 fully saturated rings. The molecule has 2 aromatic heterocycles. The normalized spacial score (nSPS) is 11.3. The van der Waals surface area contributed by atoms with Gasteiger partial charge < -0.3 is 9.13 Å². The smallest absolute Gasteiger partial charge is 0.101 e. The summed E-state index contributed by atoms with van der Waals surface area (Å²) in [4.78, 5) is 0. The van der Waals surface area contributed by atoms with Gasteiger partial charge in [-0.05, 0) is 82.4 Å². The second kappa shape index (κ2) is 12.5. The van der Waals surface area contributed by atoms with Gasteiger partial charge in [0.15, 0.2) is 0 Å². The number of hydrogen-bond acceptors (Lipinski definition) is 2. The van der Waals surface area contributed by atoms with Crippen molar-refractivity contribution in [2.24, 2.45) is 0 Å². The fraction of sp³-hybridized carbons (Fsp3) is 0. The molecule has 0 unspecified atom stereocenters. The van der Waals surface area contributed by atoms with Crippen molar-refractivity contribution in [2.75, 3.05) is 0 Å². The molecule has 0 aliphatic heterocycles. The van der Waals surface area contributed by atoms with E-state index in [2.05, 4.69) is 161 Å². The van der Waals surface area contributed by atoms with Crippen LogP contribution in [0, 0.1) is 22.7 Å². The summed E-state index contributed by atoms with van der Waals surface area (Å²) in [5.41, 5.74) is 14.2. The zero-order valence-electron chi connectivity index (χ0n) is 29.1. The molecule has 0 aliphatic carbocycles. The molecule has 0 N–H and O–H groups in total. The van der Waals surface area contributed by atoms with Crippen LogP contribution in [0.25, 0.3) is 88.4 Å². The van der Waals surface area contributed by atoms with Crippen LogP contribution in [0.1, 0.15) is 11.1 Å². The highest BCUT2D eigenvalue weighted by atomic mass is 15.0. The van der Waals surface area contributed by atoms with Crippen molar-refractivity contribution in [3.8, 4) is 56.9 Å². The maximum atomic E-state index is 10.1. The summed E-state index contributed by atoms with van der Waals surface area (Å²) >= 11 is 0. The number of nitriles is 2. The van der Waals surface area contributed by atoms with Crippen molar-refractivity contribution in [3.63, 3.8) is 0 Å². The minimum Gasteiger partial charge on any atom is -0.309 e. The molecule has 0 saturated carbocycles. The summed E-state index contributed by atoms with van der Waals surface area (Å²) in [5, 5.41) is 24.4. The van der Waals surface area contributed by atoms with Gasteiger partial charge in [0.05, 0.1) is 45.0 Å². The van der Waals surface area contributed by atoms with E-state index in [0.29, 0.717) is 11.1 Å². The van der Waals surface area contributed by atoms with E-state index in [4.69, 9.17) is 0 Å². The van der Waals surface area contributed by atoms with Gasteiger partial charge in [-0.15, -0.1) is 0 Å². The van der Waals surface area contributed by atoms with E-state index in [1.807, 2.05) is 42.5 Å². The zero-order chi connectivity index (χ0) is 36.2. The number of hydrogen-bond donors (Lipinski definition) is 0. The molecule has 0 bridgehead atoms. The molecule has 0 radical (unpaired) electrons. The van der Waals surface area contributed by atoms with Gasteiger partial charge in [0.25, 0.3) is 0 Å². The topological polar surface area (TPSA) is 57.4 Å². The van der Waals surface area contributed by atoms with Crippen LogP contribution in [0.15, 0.2) is 182 Å². The molecular formula is C50H30N4. The first-order valence-electron chi connectivity index (χ1n) is 18.0. The number of benzene rings is 8. The van der Waals surface area contributed by atoms with Crippen LogP contribution in [0.4, 0.5) is 0 Å². The third-order valence-corrected chi connectivity index (χ3v) is 10.6.